The molecule has 6 heteroatoms. The minimum Gasteiger partial charge on any atom is -0.481 e. The van der Waals surface area contributed by atoms with Crippen LogP contribution in [0.5, 0.6) is 5.75 Å². The van der Waals surface area contributed by atoms with E-state index in [2.05, 4.69) is 15.3 Å². The van der Waals surface area contributed by atoms with Gasteiger partial charge in [-0.1, -0.05) is 35.6 Å². The highest BCUT2D eigenvalue weighted by Crippen LogP contribution is 2.30. The van der Waals surface area contributed by atoms with Crippen molar-refractivity contribution in [2.45, 2.75) is 26.9 Å². The lowest BCUT2D eigenvalue weighted by Crippen LogP contribution is -2.30. The number of fused-ring (bicyclic) bond motifs is 1. The van der Waals surface area contributed by atoms with Gasteiger partial charge in [0.1, 0.15) is 21.1 Å². The maximum absolute atomic E-state index is 12.6. The van der Waals surface area contributed by atoms with Gasteiger partial charge < -0.3 is 10.1 Å². The lowest BCUT2D eigenvalue weighted by atomic mass is 10.1. The Balaban J connectivity index is 1.49. The van der Waals surface area contributed by atoms with Crippen LogP contribution in [0.25, 0.3) is 20.9 Å². The van der Waals surface area contributed by atoms with Gasteiger partial charge in [-0.05, 0) is 62.2 Å². The summed E-state index contributed by atoms with van der Waals surface area (Å²) in [6.07, 6.45) is 1.14. The van der Waals surface area contributed by atoms with Crippen molar-refractivity contribution in [3.05, 3.63) is 71.9 Å². The molecule has 1 amide bonds. The molecule has 0 aliphatic rings. The molecule has 0 aliphatic carbocycles. The van der Waals surface area contributed by atoms with Crippen LogP contribution in [0, 0.1) is 13.8 Å². The van der Waals surface area contributed by atoms with Crippen molar-refractivity contribution in [1.82, 2.24) is 9.97 Å². The minimum atomic E-state index is -0.620. The standard InChI is InChI=1S/C23H21N3O2S/c1-14-7-4-11-20(15(14)2)28-16(3)21(27)25-18-9-5-8-17(13-18)22-26-19-10-6-12-24-23(19)29-22/h4-13,16H,1-3H3,(H,25,27). The van der Waals surface area contributed by atoms with Crippen LogP contribution in [0.2, 0.25) is 0 Å². The Hall–Kier alpha value is -3.25. The first-order chi connectivity index (χ1) is 14.0. The van der Waals surface area contributed by atoms with E-state index in [1.807, 2.05) is 68.4 Å². The number of ether oxygens (including phenoxy) is 1. The molecule has 0 radical (unpaired) electrons. The highest BCUT2D eigenvalue weighted by atomic mass is 32.1. The van der Waals surface area contributed by atoms with Gasteiger partial charge in [0.25, 0.3) is 5.91 Å². The molecule has 0 saturated heterocycles. The number of thiazole rings is 1. The quantitative estimate of drug-likeness (QED) is 0.486. The summed E-state index contributed by atoms with van der Waals surface area (Å²) in [5, 5.41) is 3.81. The summed E-state index contributed by atoms with van der Waals surface area (Å²) in [4.78, 5) is 22.5. The zero-order valence-electron chi connectivity index (χ0n) is 16.5. The van der Waals surface area contributed by atoms with Crippen molar-refractivity contribution in [3.63, 3.8) is 0 Å². The van der Waals surface area contributed by atoms with E-state index in [4.69, 9.17) is 4.74 Å². The molecule has 5 nitrogen and oxygen atoms in total. The maximum atomic E-state index is 12.6. The van der Waals surface area contributed by atoms with E-state index in [-0.39, 0.29) is 5.91 Å². The highest BCUT2D eigenvalue weighted by molar-refractivity contribution is 7.21. The van der Waals surface area contributed by atoms with Crippen LogP contribution in [0.1, 0.15) is 18.1 Å². The molecular formula is C23H21N3O2S. The fourth-order valence-electron chi connectivity index (χ4n) is 2.96. The number of carbonyl (C=O) groups is 1. The second-order valence-corrected chi connectivity index (χ2v) is 7.85. The third-order valence-corrected chi connectivity index (χ3v) is 5.80. The van der Waals surface area contributed by atoms with Gasteiger partial charge in [-0.15, -0.1) is 0 Å². The number of aromatic nitrogens is 2. The molecule has 29 heavy (non-hydrogen) atoms. The average Bonchev–Trinajstić information content (AvgIpc) is 3.16. The van der Waals surface area contributed by atoms with Crippen LogP contribution in [0.3, 0.4) is 0 Å². The number of nitrogens with zero attached hydrogens (tertiary/aromatic N) is 2. The number of hydrogen-bond acceptors (Lipinski definition) is 5. The molecule has 1 N–H and O–H groups in total. The Morgan fingerprint density at radius 2 is 1.93 bits per heavy atom. The Labute approximate surface area is 173 Å². The first-order valence-corrected chi connectivity index (χ1v) is 10.2. The normalized spacial score (nSPS) is 12.0. The zero-order chi connectivity index (χ0) is 20.4. The number of benzene rings is 2. The second kappa shape index (κ2) is 8.01. The molecule has 1 unspecified atom stereocenters. The largest absolute Gasteiger partial charge is 0.481 e. The van der Waals surface area contributed by atoms with Crippen LogP contribution in [0.15, 0.2) is 60.8 Å². The lowest BCUT2D eigenvalue weighted by molar-refractivity contribution is -0.122. The molecular weight excluding hydrogens is 382 g/mol. The predicted molar refractivity (Wildman–Crippen MR) is 117 cm³/mol. The number of carbonyl (C=O) groups excluding carboxylic acids is 1. The van der Waals surface area contributed by atoms with Crippen LogP contribution >= 0.6 is 11.3 Å². The van der Waals surface area contributed by atoms with E-state index >= 15 is 0 Å². The third-order valence-electron chi connectivity index (χ3n) is 4.77. The van der Waals surface area contributed by atoms with Gasteiger partial charge >= 0.3 is 0 Å². The number of aryl methyl sites for hydroxylation is 1. The number of rotatable bonds is 5. The molecule has 2 aromatic heterocycles. The Morgan fingerprint density at radius 1 is 1.10 bits per heavy atom. The van der Waals surface area contributed by atoms with Crippen molar-refractivity contribution in [1.29, 1.82) is 0 Å². The van der Waals surface area contributed by atoms with Gasteiger partial charge in [0.2, 0.25) is 0 Å². The Morgan fingerprint density at radius 3 is 2.76 bits per heavy atom. The molecule has 0 bridgehead atoms. The van der Waals surface area contributed by atoms with E-state index in [9.17, 15) is 4.79 Å². The SMILES string of the molecule is Cc1cccc(OC(C)C(=O)Nc2cccc(-c3nc4cccnc4s3)c2)c1C. The summed E-state index contributed by atoms with van der Waals surface area (Å²) in [7, 11) is 0. The molecule has 1 atom stereocenters. The number of hydrogen-bond donors (Lipinski definition) is 1. The maximum Gasteiger partial charge on any atom is 0.265 e. The summed E-state index contributed by atoms with van der Waals surface area (Å²) in [6, 6.07) is 17.3. The van der Waals surface area contributed by atoms with Crippen molar-refractivity contribution in [2.24, 2.45) is 0 Å². The molecule has 4 rings (SSSR count). The van der Waals surface area contributed by atoms with Gasteiger partial charge in [0, 0.05) is 17.4 Å². The average molecular weight is 404 g/mol. The first kappa shape index (κ1) is 19.1. The van der Waals surface area contributed by atoms with Crippen molar-refractivity contribution in [2.75, 3.05) is 5.32 Å². The highest BCUT2D eigenvalue weighted by Gasteiger charge is 2.17. The third kappa shape index (κ3) is 4.12. The summed E-state index contributed by atoms with van der Waals surface area (Å²) >= 11 is 1.53. The van der Waals surface area contributed by atoms with Crippen LogP contribution < -0.4 is 10.1 Å². The van der Waals surface area contributed by atoms with Crippen molar-refractivity contribution in [3.8, 4) is 16.3 Å². The Bertz CT molecular complexity index is 1150. The van der Waals surface area contributed by atoms with Gasteiger partial charge in [-0.3, -0.25) is 4.79 Å². The second-order valence-electron chi connectivity index (χ2n) is 6.87. The fraction of sp³-hybridized carbons (Fsp3) is 0.174. The summed E-state index contributed by atoms with van der Waals surface area (Å²) in [5.41, 5.74) is 4.69. The summed E-state index contributed by atoms with van der Waals surface area (Å²) in [5.74, 6) is 0.525. The molecule has 0 fully saturated rings. The van der Waals surface area contributed by atoms with Crippen LogP contribution in [-0.4, -0.2) is 22.0 Å². The molecule has 0 saturated carbocycles. The van der Waals surface area contributed by atoms with Crippen LogP contribution in [0.4, 0.5) is 5.69 Å². The predicted octanol–water partition coefficient (Wildman–Crippen LogP) is 5.38. The smallest absolute Gasteiger partial charge is 0.265 e. The van der Waals surface area contributed by atoms with Gasteiger partial charge in [0.15, 0.2) is 6.10 Å². The van der Waals surface area contributed by atoms with Gasteiger partial charge in [-0.2, -0.15) is 0 Å². The van der Waals surface area contributed by atoms with E-state index in [1.54, 1.807) is 13.1 Å². The molecule has 146 valence electrons. The van der Waals surface area contributed by atoms with E-state index in [1.165, 1.54) is 11.3 Å². The molecule has 0 aliphatic heterocycles. The van der Waals surface area contributed by atoms with Crippen molar-refractivity contribution >= 4 is 33.3 Å². The molecule has 2 heterocycles. The first-order valence-electron chi connectivity index (χ1n) is 9.37. The van der Waals surface area contributed by atoms with Gasteiger partial charge in [0.05, 0.1) is 0 Å². The van der Waals surface area contributed by atoms with Gasteiger partial charge in [-0.25, -0.2) is 9.97 Å². The number of pyridine rings is 1. The molecule has 2 aromatic carbocycles. The van der Waals surface area contributed by atoms with E-state index in [0.29, 0.717) is 5.69 Å². The topological polar surface area (TPSA) is 64.1 Å². The number of anilines is 1. The molecule has 4 aromatic rings. The van der Waals surface area contributed by atoms with Crippen molar-refractivity contribution < 1.29 is 9.53 Å². The van der Waals surface area contributed by atoms with E-state index in [0.717, 1.165) is 37.8 Å². The lowest BCUT2D eigenvalue weighted by Gasteiger charge is -2.17. The zero-order valence-corrected chi connectivity index (χ0v) is 17.3. The Kier molecular flexibility index (Phi) is 5.27. The monoisotopic (exact) mass is 403 g/mol. The number of amides is 1. The summed E-state index contributed by atoms with van der Waals surface area (Å²) in [6.45, 7) is 5.77. The summed E-state index contributed by atoms with van der Waals surface area (Å²) < 4.78 is 5.88. The fourth-order valence-corrected chi connectivity index (χ4v) is 3.87. The minimum absolute atomic E-state index is 0.200. The molecule has 0 spiro atoms. The number of nitrogens with one attached hydrogen (secondary N) is 1. The van der Waals surface area contributed by atoms with E-state index < -0.39 is 6.10 Å². The van der Waals surface area contributed by atoms with Crippen LogP contribution in [-0.2, 0) is 4.79 Å².